The van der Waals surface area contributed by atoms with E-state index < -0.39 is 0 Å². The maximum Gasteiger partial charge on any atom is 0.128 e. The molecular weight excluding hydrogens is 241 g/mol. The van der Waals surface area contributed by atoms with Gasteiger partial charge in [-0.3, -0.25) is 0 Å². The van der Waals surface area contributed by atoms with Crippen molar-refractivity contribution in [1.82, 2.24) is 5.32 Å². The van der Waals surface area contributed by atoms with Gasteiger partial charge in [0.05, 0.1) is 12.7 Å². The van der Waals surface area contributed by atoms with Crippen molar-refractivity contribution in [3.05, 3.63) is 35.6 Å². The lowest BCUT2D eigenvalue weighted by molar-refractivity contribution is 0.0405. The van der Waals surface area contributed by atoms with Gasteiger partial charge in [0.2, 0.25) is 0 Å². The Bertz CT molecular complexity index is 350. The van der Waals surface area contributed by atoms with Gasteiger partial charge in [-0.25, -0.2) is 4.39 Å². The molecule has 1 aromatic rings. The van der Waals surface area contributed by atoms with E-state index >= 15 is 0 Å². The minimum Gasteiger partial charge on any atom is -0.374 e. The smallest absolute Gasteiger partial charge is 0.128 e. The second-order valence-corrected chi connectivity index (χ2v) is 4.74. The highest BCUT2D eigenvalue weighted by Crippen LogP contribution is 2.15. The Morgan fingerprint density at radius 2 is 2.11 bits per heavy atom. The number of ether oxygens (including phenoxy) is 1. The molecule has 3 heteroatoms. The van der Waals surface area contributed by atoms with Crippen LogP contribution in [0, 0.1) is 5.82 Å². The molecule has 1 aliphatic heterocycles. The molecule has 2 rings (SSSR count). The Hall–Kier alpha value is -0.930. The average Bonchev–Trinajstić information content (AvgIpc) is 2.93. The summed E-state index contributed by atoms with van der Waals surface area (Å²) in [5.74, 6) is -0.182. The quantitative estimate of drug-likeness (QED) is 0.873. The van der Waals surface area contributed by atoms with Crippen molar-refractivity contribution in [3.63, 3.8) is 0 Å². The summed E-state index contributed by atoms with van der Waals surface area (Å²) in [4.78, 5) is 0. The molecule has 1 N–H and O–H groups in total. The first-order valence-corrected chi connectivity index (χ1v) is 7.34. The van der Waals surface area contributed by atoms with Crippen molar-refractivity contribution < 1.29 is 9.13 Å². The van der Waals surface area contributed by atoms with E-state index in [0.29, 0.717) is 18.2 Å². The molecule has 1 aromatic carbocycles. The van der Waals surface area contributed by atoms with Crippen molar-refractivity contribution in [3.8, 4) is 0 Å². The molecule has 1 heterocycles. The molecular formula is C16H26FNO. The molecule has 1 aliphatic rings. The lowest BCUT2D eigenvalue weighted by Crippen LogP contribution is -2.26. The highest BCUT2D eigenvalue weighted by molar-refractivity contribution is 5.16. The zero-order chi connectivity index (χ0) is 14.1. The Morgan fingerprint density at radius 1 is 1.37 bits per heavy atom. The molecule has 1 unspecified atom stereocenters. The van der Waals surface area contributed by atoms with Crippen LogP contribution in [0.5, 0.6) is 0 Å². The van der Waals surface area contributed by atoms with E-state index in [1.165, 1.54) is 18.9 Å². The SMILES string of the molecule is CC.CC(C[C@@H]1CCCN1)OCc1ccccc1F. The van der Waals surface area contributed by atoms with Crippen LogP contribution >= 0.6 is 0 Å². The second kappa shape index (κ2) is 9.05. The van der Waals surface area contributed by atoms with Crippen LogP contribution in [0.1, 0.15) is 45.6 Å². The van der Waals surface area contributed by atoms with Crippen LogP contribution in [0.4, 0.5) is 4.39 Å². The molecule has 0 radical (unpaired) electrons. The Labute approximate surface area is 116 Å². The van der Waals surface area contributed by atoms with Gasteiger partial charge in [0, 0.05) is 11.6 Å². The van der Waals surface area contributed by atoms with Gasteiger partial charge < -0.3 is 10.1 Å². The number of rotatable bonds is 5. The number of nitrogens with one attached hydrogen (secondary N) is 1. The zero-order valence-corrected chi connectivity index (χ0v) is 12.3. The molecule has 19 heavy (non-hydrogen) atoms. The van der Waals surface area contributed by atoms with Gasteiger partial charge in [0.25, 0.3) is 0 Å². The topological polar surface area (TPSA) is 21.3 Å². The maximum atomic E-state index is 13.4. The van der Waals surface area contributed by atoms with Crippen LogP contribution in [0.15, 0.2) is 24.3 Å². The molecule has 0 amide bonds. The third kappa shape index (κ3) is 5.70. The first-order valence-electron chi connectivity index (χ1n) is 7.34. The number of hydrogen-bond donors (Lipinski definition) is 1. The summed E-state index contributed by atoms with van der Waals surface area (Å²) in [7, 11) is 0. The maximum absolute atomic E-state index is 13.4. The fourth-order valence-electron chi connectivity index (χ4n) is 2.27. The fourth-order valence-corrected chi connectivity index (χ4v) is 2.27. The molecule has 1 saturated heterocycles. The Kier molecular flexibility index (Phi) is 7.68. The highest BCUT2D eigenvalue weighted by Gasteiger charge is 2.17. The number of halogens is 1. The van der Waals surface area contributed by atoms with Crippen molar-refractivity contribution in [2.45, 2.75) is 58.8 Å². The zero-order valence-electron chi connectivity index (χ0n) is 12.3. The predicted molar refractivity (Wildman–Crippen MR) is 77.6 cm³/mol. The van der Waals surface area contributed by atoms with Gasteiger partial charge in [0.1, 0.15) is 5.82 Å². The monoisotopic (exact) mass is 267 g/mol. The van der Waals surface area contributed by atoms with Crippen molar-refractivity contribution in [2.75, 3.05) is 6.54 Å². The van der Waals surface area contributed by atoms with Crippen LogP contribution in [-0.2, 0) is 11.3 Å². The third-order valence-corrected chi connectivity index (χ3v) is 3.26. The second-order valence-electron chi connectivity index (χ2n) is 4.74. The first-order chi connectivity index (χ1) is 9.25. The summed E-state index contributed by atoms with van der Waals surface area (Å²) >= 11 is 0. The van der Waals surface area contributed by atoms with E-state index in [1.807, 2.05) is 19.9 Å². The summed E-state index contributed by atoms with van der Waals surface area (Å²) in [6, 6.07) is 7.36. The lowest BCUT2D eigenvalue weighted by Gasteiger charge is -2.17. The molecule has 0 aromatic heterocycles. The Morgan fingerprint density at radius 3 is 2.74 bits per heavy atom. The summed E-state index contributed by atoms with van der Waals surface area (Å²) in [6.07, 6.45) is 3.66. The van der Waals surface area contributed by atoms with Gasteiger partial charge in [-0.15, -0.1) is 0 Å². The summed E-state index contributed by atoms with van der Waals surface area (Å²) in [5.41, 5.74) is 0.638. The highest BCUT2D eigenvalue weighted by atomic mass is 19.1. The van der Waals surface area contributed by atoms with Crippen LogP contribution in [0.3, 0.4) is 0 Å². The average molecular weight is 267 g/mol. The third-order valence-electron chi connectivity index (χ3n) is 3.26. The normalized spacial score (nSPS) is 19.7. The molecule has 0 saturated carbocycles. The standard InChI is InChI=1S/C14H20FNO.C2H6/c1-11(9-13-6-4-8-16-13)17-10-12-5-2-3-7-14(12)15;1-2/h2-3,5,7,11,13,16H,4,6,8-10H2,1H3;1-2H3/t11?,13-;/m0./s1. The molecule has 0 spiro atoms. The van der Waals surface area contributed by atoms with E-state index in [4.69, 9.17) is 4.74 Å². The van der Waals surface area contributed by atoms with E-state index in [0.717, 1.165) is 13.0 Å². The van der Waals surface area contributed by atoms with Crippen LogP contribution < -0.4 is 5.32 Å². The largest absolute Gasteiger partial charge is 0.374 e. The fraction of sp³-hybridized carbons (Fsp3) is 0.625. The molecule has 2 nitrogen and oxygen atoms in total. The predicted octanol–water partition coefficient (Wildman–Crippen LogP) is 3.90. The van der Waals surface area contributed by atoms with Crippen LogP contribution in [0.2, 0.25) is 0 Å². The van der Waals surface area contributed by atoms with E-state index in [2.05, 4.69) is 12.2 Å². The molecule has 0 aliphatic carbocycles. The van der Waals surface area contributed by atoms with Gasteiger partial charge in [0.15, 0.2) is 0 Å². The minimum atomic E-state index is -0.182. The van der Waals surface area contributed by atoms with Crippen LogP contribution in [-0.4, -0.2) is 18.7 Å². The van der Waals surface area contributed by atoms with Crippen molar-refractivity contribution in [1.29, 1.82) is 0 Å². The summed E-state index contributed by atoms with van der Waals surface area (Å²) in [6.45, 7) is 7.53. The molecule has 0 bridgehead atoms. The van der Waals surface area contributed by atoms with Gasteiger partial charge in [-0.2, -0.15) is 0 Å². The van der Waals surface area contributed by atoms with Gasteiger partial charge in [-0.1, -0.05) is 32.0 Å². The number of benzene rings is 1. The van der Waals surface area contributed by atoms with Crippen molar-refractivity contribution in [2.24, 2.45) is 0 Å². The van der Waals surface area contributed by atoms with Crippen LogP contribution in [0.25, 0.3) is 0 Å². The van der Waals surface area contributed by atoms with E-state index in [9.17, 15) is 4.39 Å². The summed E-state index contributed by atoms with van der Waals surface area (Å²) < 4.78 is 19.0. The van der Waals surface area contributed by atoms with Gasteiger partial charge >= 0.3 is 0 Å². The van der Waals surface area contributed by atoms with Crippen molar-refractivity contribution >= 4 is 0 Å². The molecule has 108 valence electrons. The van der Waals surface area contributed by atoms with Gasteiger partial charge in [-0.05, 0) is 38.8 Å². The molecule has 1 fully saturated rings. The molecule has 2 atom stereocenters. The Balaban J connectivity index is 0.000000861. The van der Waals surface area contributed by atoms with E-state index in [-0.39, 0.29) is 11.9 Å². The minimum absolute atomic E-state index is 0.171. The number of hydrogen-bond acceptors (Lipinski definition) is 2. The van der Waals surface area contributed by atoms with E-state index in [1.54, 1.807) is 12.1 Å². The first kappa shape index (κ1) is 16.1. The summed E-state index contributed by atoms with van der Waals surface area (Å²) in [5, 5.41) is 3.44. The lowest BCUT2D eigenvalue weighted by atomic mass is 10.1.